The number of benzene rings is 12. The lowest BCUT2D eigenvalue weighted by atomic mass is 9.66. The van der Waals surface area contributed by atoms with Crippen LogP contribution in [0.5, 0.6) is 0 Å². The summed E-state index contributed by atoms with van der Waals surface area (Å²) >= 11 is 0. The molecular weight excluding hydrogens is 921 g/mol. The van der Waals surface area contributed by atoms with Gasteiger partial charge in [0.25, 0.3) is 0 Å². The number of fused-ring (bicyclic) bond motifs is 21. The van der Waals surface area contributed by atoms with Gasteiger partial charge in [0, 0.05) is 39.0 Å². The average Bonchev–Trinajstić information content (AvgIpc) is 4.13. The number of rotatable bonds is 5. The van der Waals surface area contributed by atoms with E-state index in [1.807, 2.05) is 0 Å². The summed E-state index contributed by atoms with van der Waals surface area (Å²) < 4.78 is 6.65. The largest absolute Gasteiger partial charge is 0.456 e. The molecule has 16 rings (SSSR count). The molecule has 13 aromatic rings. The molecule has 1 unspecified atom stereocenters. The number of furan rings is 1. The lowest BCUT2D eigenvalue weighted by molar-refractivity contribution is 0.668. The second-order valence-electron chi connectivity index (χ2n) is 20.2. The Morgan fingerprint density at radius 2 is 0.855 bits per heavy atom. The molecule has 1 spiro atoms. The number of hydrogen-bond donors (Lipinski definition) is 0. The predicted molar refractivity (Wildman–Crippen MR) is 315 cm³/mol. The summed E-state index contributed by atoms with van der Waals surface area (Å²) in [6.07, 6.45) is 0. The van der Waals surface area contributed by atoms with Crippen molar-refractivity contribution in [1.82, 2.24) is 0 Å². The highest BCUT2D eigenvalue weighted by Crippen LogP contribution is 2.64. The van der Waals surface area contributed by atoms with Crippen LogP contribution in [-0.4, -0.2) is 0 Å². The maximum Gasteiger partial charge on any atom is 0.136 e. The lowest BCUT2D eigenvalue weighted by Gasteiger charge is -2.37. The first-order valence-electron chi connectivity index (χ1n) is 26.2. The highest BCUT2D eigenvalue weighted by molar-refractivity contribution is 6.16. The molecule has 0 bridgehead atoms. The smallest absolute Gasteiger partial charge is 0.136 e. The standard InChI is InChI=1S/C73H46N2O/c1-3-20-47(21-4-1)48-38-40-50(41-39-48)74(67-36-19-32-58-54-26-9-8-25-53(54)57-29-13-17-35-66(57)75(72(58)67)49-22-5-2-6-23-49)51-42-43-64-61(46-51)55-27-10-7-24-52(55)56-28-11-15-33-62(56)73(64)63-34-16-12-30-59(63)70-65(73)44-45-69-71(70)60-31-14-18-37-68(60)76-69/h1-46H. The fourth-order valence-corrected chi connectivity index (χ4v) is 13.4. The first-order valence-corrected chi connectivity index (χ1v) is 26.2. The van der Waals surface area contributed by atoms with Crippen LogP contribution in [0.4, 0.5) is 34.1 Å². The molecule has 12 aromatic carbocycles. The zero-order valence-corrected chi connectivity index (χ0v) is 41.4. The molecule has 354 valence electrons. The number of nitrogens with zero attached hydrogens (tertiary/aromatic N) is 2. The van der Waals surface area contributed by atoms with Crippen molar-refractivity contribution >= 4 is 56.1 Å². The second-order valence-corrected chi connectivity index (χ2v) is 20.2. The van der Waals surface area contributed by atoms with Crippen LogP contribution in [0.25, 0.3) is 88.7 Å². The zero-order chi connectivity index (χ0) is 49.9. The van der Waals surface area contributed by atoms with Crippen LogP contribution < -0.4 is 9.80 Å². The maximum atomic E-state index is 6.65. The van der Waals surface area contributed by atoms with Crippen molar-refractivity contribution < 1.29 is 4.42 Å². The Morgan fingerprint density at radius 3 is 1.62 bits per heavy atom. The molecule has 0 amide bonds. The van der Waals surface area contributed by atoms with Gasteiger partial charge in [-0.05, 0) is 139 Å². The molecule has 0 saturated heterocycles. The van der Waals surface area contributed by atoms with Crippen LogP contribution in [0.2, 0.25) is 0 Å². The molecule has 3 nitrogen and oxygen atoms in total. The topological polar surface area (TPSA) is 19.6 Å². The van der Waals surface area contributed by atoms with Gasteiger partial charge >= 0.3 is 0 Å². The Balaban J connectivity index is 1.01. The van der Waals surface area contributed by atoms with E-state index in [0.29, 0.717) is 0 Å². The minimum Gasteiger partial charge on any atom is -0.456 e. The predicted octanol–water partition coefficient (Wildman–Crippen LogP) is 19.9. The van der Waals surface area contributed by atoms with Crippen molar-refractivity contribution in [2.24, 2.45) is 0 Å². The summed E-state index contributed by atoms with van der Waals surface area (Å²) in [7, 11) is 0. The van der Waals surface area contributed by atoms with Crippen molar-refractivity contribution in [3.63, 3.8) is 0 Å². The summed E-state index contributed by atoms with van der Waals surface area (Å²) in [4.78, 5) is 4.99. The van der Waals surface area contributed by atoms with Gasteiger partial charge in [-0.3, -0.25) is 0 Å². The lowest BCUT2D eigenvalue weighted by Crippen LogP contribution is -2.29. The van der Waals surface area contributed by atoms with Crippen molar-refractivity contribution in [1.29, 1.82) is 0 Å². The Morgan fingerprint density at radius 1 is 0.329 bits per heavy atom. The zero-order valence-electron chi connectivity index (χ0n) is 41.4. The summed E-state index contributed by atoms with van der Waals surface area (Å²) in [6.45, 7) is 0. The van der Waals surface area contributed by atoms with E-state index in [0.717, 1.165) is 61.6 Å². The molecule has 2 heterocycles. The minimum atomic E-state index is -0.689. The van der Waals surface area contributed by atoms with E-state index >= 15 is 0 Å². The van der Waals surface area contributed by atoms with Crippen molar-refractivity contribution in [2.45, 2.75) is 5.41 Å². The summed E-state index contributed by atoms with van der Waals surface area (Å²) in [5.41, 5.74) is 27.0. The van der Waals surface area contributed by atoms with Gasteiger partial charge < -0.3 is 14.2 Å². The number of para-hydroxylation sites is 4. The minimum absolute atomic E-state index is 0.689. The third kappa shape index (κ3) is 5.99. The fraction of sp³-hybridized carbons (Fsp3) is 0.0137. The van der Waals surface area contributed by atoms with E-state index in [1.54, 1.807) is 0 Å². The van der Waals surface area contributed by atoms with Crippen molar-refractivity contribution in [3.05, 3.63) is 301 Å². The highest BCUT2D eigenvalue weighted by Gasteiger charge is 2.50. The molecule has 3 aliphatic rings. The van der Waals surface area contributed by atoms with Crippen molar-refractivity contribution in [3.8, 4) is 66.8 Å². The van der Waals surface area contributed by atoms with Gasteiger partial charge in [-0.1, -0.05) is 218 Å². The molecule has 3 heteroatoms. The van der Waals surface area contributed by atoms with Crippen LogP contribution in [-0.2, 0) is 5.41 Å². The van der Waals surface area contributed by atoms with Gasteiger partial charge in [-0.2, -0.15) is 0 Å². The summed E-state index contributed by atoms with van der Waals surface area (Å²) in [6, 6.07) is 103. The van der Waals surface area contributed by atoms with Gasteiger partial charge in [0.15, 0.2) is 0 Å². The highest BCUT2D eigenvalue weighted by atomic mass is 16.3. The van der Waals surface area contributed by atoms with Crippen LogP contribution in [0, 0.1) is 0 Å². The van der Waals surface area contributed by atoms with E-state index in [2.05, 4.69) is 289 Å². The third-order valence-corrected chi connectivity index (χ3v) is 16.4. The Bertz CT molecular complexity index is 4480. The number of hydrogen-bond acceptors (Lipinski definition) is 3. The van der Waals surface area contributed by atoms with E-state index in [4.69, 9.17) is 4.42 Å². The molecular formula is C73H46N2O. The summed E-state index contributed by atoms with van der Waals surface area (Å²) in [5.74, 6) is 0. The van der Waals surface area contributed by atoms with Gasteiger partial charge in [0.1, 0.15) is 11.2 Å². The molecule has 0 N–H and O–H groups in total. The molecule has 1 aliphatic heterocycles. The van der Waals surface area contributed by atoms with Gasteiger partial charge in [-0.15, -0.1) is 0 Å². The van der Waals surface area contributed by atoms with Crippen LogP contribution in [0.3, 0.4) is 0 Å². The van der Waals surface area contributed by atoms with Gasteiger partial charge in [0.05, 0.1) is 22.5 Å². The Kier molecular flexibility index (Phi) is 9.25. The molecule has 1 atom stereocenters. The normalized spacial score (nSPS) is 14.3. The van der Waals surface area contributed by atoms with Crippen LogP contribution in [0.1, 0.15) is 22.3 Å². The second kappa shape index (κ2) is 16.5. The molecule has 0 fully saturated rings. The van der Waals surface area contributed by atoms with Gasteiger partial charge in [0.2, 0.25) is 0 Å². The molecule has 0 radical (unpaired) electrons. The average molecular weight is 967 g/mol. The molecule has 0 saturated carbocycles. The maximum absolute atomic E-state index is 6.65. The molecule has 2 aliphatic carbocycles. The van der Waals surface area contributed by atoms with E-state index in [-0.39, 0.29) is 0 Å². The quantitative estimate of drug-likeness (QED) is 0.171. The first-order chi connectivity index (χ1) is 37.7. The SMILES string of the molecule is c1ccc(-c2ccc(N(c3ccc4c(c3)-c3ccccc3-c3ccccc3C43c4ccccc4-c4c3ccc3oc5ccccc5c43)c3cccc4c3N(c3ccccc3)c3ccccc3-c3ccccc3-4)cc2)cc1. The Hall–Kier alpha value is -9.96. The fourth-order valence-electron chi connectivity index (χ4n) is 13.4. The monoisotopic (exact) mass is 966 g/mol. The molecule has 76 heavy (non-hydrogen) atoms. The third-order valence-electron chi connectivity index (χ3n) is 16.4. The Labute approximate surface area is 441 Å². The van der Waals surface area contributed by atoms with E-state index in [1.165, 1.54) is 83.5 Å². The first kappa shape index (κ1) is 42.5. The van der Waals surface area contributed by atoms with E-state index in [9.17, 15) is 0 Å². The molecule has 1 aromatic heterocycles. The summed E-state index contributed by atoms with van der Waals surface area (Å²) in [5, 5.41) is 2.29. The van der Waals surface area contributed by atoms with Gasteiger partial charge in [-0.25, -0.2) is 0 Å². The van der Waals surface area contributed by atoms with Crippen molar-refractivity contribution in [2.75, 3.05) is 9.80 Å². The number of anilines is 6. The van der Waals surface area contributed by atoms with Crippen LogP contribution >= 0.6 is 0 Å². The van der Waals surface area contributed by atoms with Crippen LogP contribution in [0.15, 0.2) is 283 Å². The van der Waals surface area contributed by atoms with E-state index < -0.39 is 5.41 Å².